The molecule has 102 valence electrons. The number of carboxylic acid groups (broad SMARTS) is 1. The third-order valence-electron chi connectivity index (χ3n) is 2.72. The number of aromatic carboxylic acids is 1. The molecule has 0 aliphatic carbocycles. The standard InChI is InChI=1S/C14H11NO5/c1-9-6-7-10(15(18)19)8-13(9)20-12-5-3-2-4-11(12)14(16)17/h2-8H,1H3,(H,16,17). The monoisotopic (exact) mass is 273 g/mol. The van der Waals surface area contributed by atoms with E-state index in [4.69, 9.17) is 9.84 Å². The Morgan fingerprint density at radius 3 is 2.55 bits per heavy atom. The van der Waals surface area contributed by atoms with Crippen LogP contribution in [0.2, 0.25) is 0 Å². The van der Waals surface area contributed by atoms with Crippen LogP contribution in [0.1, 0.15) is 15.9 Å². The van der Waals surface area contributed by atoms with Gasteiger partial charge in [-0.05, 0) is 30.7 Å². The van der Waals surface area contributed by atoms with E-state index in [1.165, 1.54) is 24.3 Å². The molecule has 0 atom stereocenters. The highest BCUT2D eigenvalue weighted by atomic mass is 16.6. The van der Waals surface area contributed by atoms with E-state index >= 15 is 0 Å². The van der Waals surface area contributed by atoms with Crippen LogP contribution in [0.15, 0.2) is 42.5 Å². The molecular weight excluding hydrogens is 262 g/mol. The van der Waals surface area contributed by atoms with Gasteiger partial charge in [0.1, 0.15) is 17.1 Å². The molecule has 20 heavy (non-hydrogen) atoms. The summed E-state index contributed by atoms with van der Waals surface area (Å²) in [4.78, 5) is 21.3. The first-order chi connectivity index (χ1) is 9.49. The second-order valence-corrected chi connectivity index (χ2v) is 4.11. The van der Waals surface area contributed by atoms with E-state index in [2.05, 4.69) is 0 Å². The Morgan fingerprint density at radius 1 is 1.20 bits per heavy atom. The zero-order chi connectivity index (χ0) is 14.7. The number of aryl methyl sites for hydroxylation is 1. The first-order valence-electron chi connectivity index (χ1n) is 5.74. The maximum atomic E-state index is 11.1. The molecule has 0 aliphatic rings. The molecule has 0 saturated carbocycles. The van der Waals surface area contributed by atoms with Crippen molar-refractivity contribution in [2.75, 3.05) is 0 Å². The van der Waals surface area contributed by atoms with Crippen molar-refractivity contribution in [2.24, 2.45) is 0 Å². The first kappa shape index (κ1) is 13.5. The van der Waals surface area contributed by atoms with E-state index in [0.717, 1.165) is 0 Å². The molecule has 0 saturated heterocycles. The van der Waals surface area contributed by atoms with Crippen LogP contribution in [-0.2, 0) is 0 Å². The first-order valence-corrected chi connectivity index (χ1v) is 5.74. The molecule has 0 bridgehead atoms. The summed E-state index contributed by atoms with van der Waals surface area (Å²) in [6.07, 6.45) is 0. The van der Waals surface area contributed by atoms with Gasteiger partial charge < -0.3 is 9.84 Å². The number of carbonyl (C=O) groups is 1. The fourth-order valence-electron chi connectivity index (χ4n) is 1.66. The normalized spacial score (nSPS) is 10.1. The minimum absolute atomic E-state index is 0.00148. The molecule has 0 unspecified atom stereocenters. The third kappa shape index (κ3) is 2.74. The highest BCUT2D eigenvalue weighted by Gasteiger charge is 2.14. The number of nitrogens with zero attached hydrogens (tertiary/aromatic N) is 1. The number of hydrogen-bond acceptors (Lipinski definition) is 4. The van der Waals surface area contributed by atoms with Crippen LogP contribution in [0.3, 0.4) is 0 Å². The Labute approximate surface area is 114 Å². The summed E-state index contributed by atoms with van der Waals surface area (Å²) in [7, 11) is 0. The minimum Gasteiger partial charge on any atom is -0.478 e. The van der Waals surface area contributed by atoms with E-state index in [-0.39, 0.29) is 22.7 Å². The third-order valence-corrected chi connectivity index (χ3v) is 2.72. The van der Waals surface area contributed by atoms with Gasteiger partial charge >= 0.3 is 5.97 Å². The van der Waals surface area contributed by atoms with Crippen LogP contribution in [0.4, 0.5) is 5.69 Å². The zero-order valence-electron chi connectivity index (χ0n) is 10.6. The number of carboxylic acids is 1. The van der Waals surface area contributed by atoms with Crippen molar-refractivity contribution >= 4 is 11.7 Å². The van der Waals surface area contributed by atoms with Crippen LogP contribution in [0.5, 0.6) is 11.5 Å². The molecule has 2 aromatic carbocycles. The number of nitro groups is 1. The highest BCUT2D eigenvalue weighted by molar-refractivity contribution is 5.90. The van der Waals surface area contributed by atoms with Crippen molar-refractivity contribution in [1.29, 1.82) is 0 Å². The zero-order valence-corrected chi connectivity index (χ0v) is 10.6. The van der Waals surface area contributed by atoms with E-state index in [1.807, 2.05) is 0 Å². The molecule has 2 aromatic rings. The second kappa shape index (κ2) is 5.40. The lowest BCUT2D eigenvalue weighted by molar-refractivity contribution is -0.384. The molecule has 0 fully saturated rings. The Hall–Kier alpha value is -2.89. The maximum Gasteiger partial charge on any atom is 0.339 e. The maximum absolute atomic E-state index is 11.1. The molecule has 6 heteroatoms. The number of ether oxygens (including phenoxy) is 1. The van der Waals surface area contributed by atoms with Gasteiger partial charge in [0, 0.05) is 6.07 Å². The van der Waals surface area contributed by atoms with Gasteiger partial charge in [0.15, 0.2) is 0 Å². The number of non-ortho nitro benzene ring substituents is 1. The van der Waals surface area contributed by atoms with E-state index in [0.29, 0.717) is 5.56 Å². The molecule has 1 N–H and O–H groups in total. The summed E-state index contributed by atoms with van der Waals surface area (Å²) >= 11 is 0. The molecular formula is C14H11NO5. The highest BCUT2D eigenvalue weighted by Crippen LogP contribution is 2.30. The summed E-state index contributed by atoms with van der Waals surface area (Å²) in [6, 6.07) is 10.3. The topological polar surface area (TPSA) is 89.7 Å². The van der Waals surface area contributed by atoms with Crippen molar-refractivity contribution in [3.8, 4) is 11.5 Å². The molecule has 0 spiro atoms. The van der Waals surface area contributed by atoms with Crippen molar-refractivity contribution in [3.05, 3.63) is 63.7 Å². The fourth-order valence-corrected chi connectivity index (χ4v) is 1.66. The van der Waals surface area contributed by atoms with E-state index < -0.39 is 10.9 Å². The van der Waals surface area contributed by atoms with Gasteiger partial charge in [0.25, 0.3) is 5.69 Å². The number of para-hydroxylation sites is 1. The predicted molar refractivity (Wildman–Crippen MR) is 71.3 cm³/mol. The number of benzene rings is 2. The van der Waals surface area contributed by atoms with Crippen molar-refractivity contribution in [2.45, 2.75) is 6.92 Å². The van der Waals surface area contributed by atoms with Crippen LogP contribution in [0, 0.1) is 17.0 Å². The number of rotatable bonds is 4. The van der Waals surface area contributed by atoms with E-state index in [9.17, 15) is 14.9 Å². The second-order valence-electron chi connectivity index (χ2n) is 4.11. The number of nitro benzene ring substituents is 1. The van der Waals surface area contributed by atoms with Crippen LogP contribution in [-0.4, -0.2) is 16.0 Å². The van der Waals surface area contributed by atoms with Gasteiger partial charge in [-0.3, -0.25) is 10.1 Å². The quantitative estimate of drug-likeness (QED) is 0.681. The Bertz CT molecular complexity index is 681. The van der Waals surface area contributed by atoms with Gasteiger partial charge in [-0.25, -0.2) is 4.79 Å². The van der Waals surface area contributed by atoms with Crippen LogP contribution >= 0.6 is 0 Å². The molecule has 0 amide bonds. The molecule has 0 aliphatic heterocycles. The average Bonchev–Trinajstić information content (AvgIpc) is 2.41. The lowest BCUT2D eigenvalue weighted by Gasteiger charge is -2.10. The smallest absolute Gasteiger partial charge is 0.339 e. The minimum atomic E-state index is -1.12. The lowest BCUT2D eigenvalue weighted by atomic mass is 10.2. The lowest BCUT2D eigenvalue weighted by Crippen LogP contribution is -2.00. The molecule has 0 heterocycles. The van der Waals surface area contributed by atoms with Crippen molar-refractivity contribution < 1.29 is 19.6 Å². The summed E-state index contributed by atoms with van der Waals surface area (Å²) in [5, 5.41) is 19.8. The van der Waals surface area contributed by atoms with E-state index in [1.54, 1.807) is 25.1 Å². The fraction of sp³-hybridized carbons (Fsp3) is 0.0714. The van der Waals surface area contributed by atoms with Gasteiger partial charge in [0.2, 0.25) is 0 Å². The molecule has 0 radical (unpaired) electrons. The molecule has 2 rings (SSSR count). The summed E-state index contributed by atoms with van der Waals surface area (Å²) in [6.45, 7) is 1.72. The largest absolute Gasteiger partial charge is 0.478 e. The Kier molecular flexibility index (Phi) is 3.65. The van der Waals surface area contributed by atoms with Crippen molar-refractivity contribution in [1.82, 2.24) is 0 Å². The SMILES string of the molecule is Cc1ccc([N+](=O)[O-])cc1Oc1ccccc1C(=O)O. The van der Waals surface area contributed by atoms with Gasteiger partial charge in [-0.1, -0.05) is 12.1 Å². The van der Waals surface area contributed by atoms with Crippen LogP contribution in [0.25, 0.3) is 0 Å². The predicted octanol–water partition coefficient (Wildman–Crippen LogP) is 3.39. The molecule has 0 aromatic heterocycles. The average molecular weight is 273 g/mol. The Balaban J connectivity index is 2.42. The van der Waals surface area contributed by atoms with Gasteiger partial charge in [0.05, 0.1) is 11.0 Å². The Morgan fingerprint density at radius 2 is 1.90 bits per heavy atom. The van der Waals surface area contributed by atoms with Crippen molar-refractivity contribution in [3.63, 3.8) is 0 Å². The summed E-state index contributed by atoms with van der Waals surface area (Å²) in [5.41, 5.74) is 0.563. The molecule has 6 nitrogen and oxygen atoms in total. The van der Waals surface area contributed by atoms with Gasteiger partial charge in [-0.2, -0.15) is 0 Å². The van der Waals surface area contributed by atoms with Crippen LogP contribution < -0.4 is 4.74 Å². The van der Waals surface area contributed by atoms with Gasteiger partial charge in [-0.15, -0.1) is 0 Å². The number of hydrogen-bond donors (Lipinski definition) is 1. The summed E-state index contributed by atoms with van der Waals surface area (Å²) < 4.78 is 5.51. The summed E-state index contributed by atoms with van der Waals surface area (Å²) in [5.74, 6) is -0.722.